The molecule has 5 heteroatoms. The van der Waals surface area contributed by atoms with Crippen LogP contribution in [0.15, 0.2) is 0 Å². The third kappa shape index (κ3) is 2.36. The van der Waals surface area contributed by atoms with Gasteiger partial charge in [0.1, 0.15) is 12.3 Å². The third-order valence-electron chi connectivity index (χ3n) is 4.38. The van der Waals surface area contributed by atoms with Gasteiger partial charge in [-0.15, -0.1) is 0 Å². The van der Waals surface area contributed by atoms with E-state index in [1.807, 2.05) is 27.7 Å². The Bertz CT molecular complexity index is 280. The summed E-state index contributed by atoms with van der Waals surface area (Å²) >= 11 is 0. The van der Waals surface area contributed by atoms with Crippen LogP contribution in [-0.2, 0) is 9.31 Å². The molecule has 2 rings (SSSR count). The lowest BCUT2D eigenvalue weighted by molar-refractivity contribution is 0.00578. The van der Waals surface area contributed by atoms with Gasteiger partial charge in [0.2, 0.25) is 0 Å². The minimum absolute atomic E-state index is 0.0191. The quantitative estimate of drug-likeness (QED) is 0.661. The van der Waals surface area contributed by atoms with Crippen LogP contribution in [0.5, 0.6) is 0 Å². The largest absolute Gasteiger partial charge is 0.464 e. The van der Waals surface area contributed by atoms with Crippen molar-refractivity contribution in [1.29, 1.82) is 0 Å². The fourth-order valence-corrected chi connectivity index (χ4v) is 2.46. The predicted molar refractivity (Wildman–Crippen MR) is 63.5 cm³/mol. The van der Waals surface area contributed by atoms with Crippen LogP contribution in [0.3, 0.4) is 0 Å². The van der Waals surface area contributed by atoms with Crippen LogP contribution in [0, 0.1) is 0 Å². The molecule has 0 aromatic rings. The standard InChI is InChI=1S/C12H21BF2O2/c1-11(2)12(3,4)17-13(16-11)9-6-5-8(14)7-10(9)15/h8-10H,5-7H2,1-4H3/t8-,9+,10-/m0/s1. The summed E-state index contributed by atoms with van der Waals surface area (Å²) in [6, 6.07) is 0. The Labute approximate surface area is 102 Å². The molecule has 0 bridgehead atoms. The van der Waals surface area contributed by atoms with E-state index in [0.717, 1.165) is 0 Å². The fourth-order valence-electron chi connectivity index (χ4n) is 2.46. The lowest BCUT2D eigenvalue weighted by Gasteiger charge is -2.32. The molecule has 0 aromatic heterocycles. The van der Waals surface area contributed by atoms with Gasteiger partial charge in [-0.1, -0.05) is 0 Å². The summed E-state index contributed by atoms with van der Waals surface area (Å²) < 4.78 is 38.6. The highest BCUT2D eigenvalue weighted by atomic mass is 19.1. The molecule has 1 aliphatic carbocycles. The first-order valence-electron chi connectivity index (χ1n) is 6.37. The average molecular weight is 246 g/mol. The average Bonchev–Trinajstić information content (AvgIpc) is 2.35. The first-order chi connectivity index (χ1) is 7.73. The van der Waals surface area contributed by atoms with Crippen LogP contribution in [0.25, 0.3) is 0 Å². The van der Waals surface area contributed by atoms with Gasteiger partial charge in [-0.2, -0.15) is 0 Å². The van der Waals surface area contributed by atoms with Gasteiger partial charge in [0, 0.05) is 12.2 Å². The van der Waals surface area contributed by atoms with E-state index in [1.54, 1.807) is 0 Å². The smallest absolute Gasteiger partial charge is 0.403 e. The van der Waals surface area contributed by atoms with E-state index in [9.17, 15) is 8.78 Å². The molecule has 1 saturated carbocycles. The monoisotopic (exact) mass is 246 g/mol. The molecule has 2 aliphatic rings. The van der Waals surface area contributed by atoms with E-state index < -0.39 is 30.7 Å². The Morgan fingerprint density at radius 2 is 1.53 bits per heavy atom. The minimum atomic E-state index is -1.16. The maximum atomic E-state index is 13.9. The van der Waals surface area contributed by atoms with Crippen LogP contribution in [-0.4, -0.2) is 30.7 Å². The van der Waals surface area contributed by atoms with Crippen molar-refractivity contribution >= 4 is 7.12 Å². The number of hydrogen-bond donors (Lipinski definition) is 0. The molecule has 0 amide bonds. The molecule has 0 N–H and O–H groups in total. The second-order valence-electron chi connectivity index (χ2n) is 6.21. The number of rotatable bonds is 1. The second kappa shape index (κ2) is 4.20. The zero-order valence-electron chi connectivity index (χ0n) is 11.0. The molecule has 98 valence electrons. The summed E-state index contributed by atoms with van der Waals surface area (Å²) in [7, 11) is -0.539. The molecule has 1 saturated heterocycles. The van der Waals surface area contributed by atoms with Crippen molar-refractivity contribution in [3.8, 4) is 0 Å². The Morgan fingerprint density at radius 3 is 2.00 bits per heavy atom. The Balaban J connectivity index is 2.06. The van der Waals surface area contributed by atoms with E-state index in [0.29, 0.717) is 12.8 Å². The summed E-state index contributed by atoms with van der Waals surface area (Å²) in [5.74, 6) is -0.331. The molecule has 0 spiro atoms. The van der Waals surface area contributed by atoms with Gasteiger partial charge in [0.25, 0.3) is 0 Å². The van der Waals surface area contributed by atoms with Gasteiger partial charge in [-0.25, -0.2) is 8.78 Å². The predicted octanol–water partition coefficient (Wildman–Crippen LogP) is 3.31. The van der Waals surface area contributed by atoms with E-state index in [4.69, 9.17) is 9.31 Å². The zero-order chi connectivity index (χ0) is 12.8. The van der Waals surface area contributed by atoms with Gasteiger partial charge >= 0.3 is 7.12 Å². The highest BCUT2D eigenvalue weighted by Crippen LogP contribution is 2.45. The SMILES string of the molecule is CC1(C)OB([C@@H]2CC[C@H](F)C[C@@H]2F)OC1(C)C. The van der Waals surface area contributed by atoms with Crippen LogP contribution >= 0.6 is 0 Å². The molecule has 0 radical (unpaired) electrons. The molecule has 2 nitrogen and oxygen atoms in total. The van der Waals surface area contributed by atoms with Crippen molar-refractivity contribution in [2.45, 2.75) is 76.3 Å². The first kappa shape index (κ1) is 13.3. The van der Waals surface area contributed by atoms with Gasteiger partial charge in [0.05, 0.1) is 11.2 Å². The molecular weight excluding hydrogens is 225 g/mol. The Morgan fingerprint density at radius 1 is 1.00 bits per heavy atom. The summed E-state index contributed by atoms with van der Waals surface area (Å²) in [5.41, 5.74) is -0.881. The minimum Gasteiger partial charge on any atom is -0.403 e. The molecule has 17 heavy (non-hydrogen) atoms. The summed E-state index contributed by atoms with van der Waals surface area (Å²) in [6.07, 6.45) is -1.28. The fraction of sp³-hybridized carbons (Fsp3) is 1.00. The van der Waals surface area contributed by atoms with Crippen molar-refractivity contribution in [3.63, 3.8) is 0 Å². The van der Waals surface area contributed by atoms with Crippen molar-refractivity contribution in [1.82, 2.24) is 0 Å². The zero-order valence-corrected chi connectivity index (χ0v) is 11.0. The molecule has 3 atom stereocenters. The van der Waals surface area contributed by atoms with Crippen LogP contribution < -0.4 is 0 Å². The van der Waals surface area contributed by atoms with Gasteiger partial charge in [-0.3, -0.25) is 0 Å². The number of hydrogen-bond acceptors (Lipinski definition) is 2. The normalized spacial score (nSPS) is 40.6. The molecule has 1 heterocycles. The van der Waals surface area contributed by atoms with Crippen molar-refractivity contribution in [2.24, 2.45) is 0 Å². The van der Waals surface area contributed by atoms with Crippen molar-refractivity contribution < 1.29 is 18.1 Å². The lowest BCUT2D eigenvalue weighted by Crippen LogP contribution is -2.41. The van der Waals surface area contributed by atoms with Gasteiger partial charge in [-0.05, 0) is 40.5 Å². The molecular formula is C12H21BF2O2. The Hall–Kier alpha value is -0.155. The van der Waals surface area contributed by atoms with E-state index >= 15 is 0 Å². The highest BCUT2D eigenvalue weighted by Gasteiger charge is 2.55. The molecule has 0 unspecified atom stereocenters. The lowest BCUT2D eigenvalue weighted by atomic mass is 9.63. The van der Waals surface area contributed by atoms with Crippen LogP contribution in [0.2, 0.25) is 5.82 Å². The number of alkyl halides is 2. The first-order valence-corrected chi connectivity index (χ1v) is 6.37. The Kier molecular flexibility index (Phi) is 3.28. The maximum absolute atomic E-state index is 13.9. The second-order valence-corrected chi connectivity index (χ2v) is 6.21. The molecule has 1 aliphatic heterocycles. The summed E-state index contributed by atoms with van der Waals surface area (Å²) in [5, 5.41) is 0. The summed E-state index contributed by atoms with van der Waals surface area (Å²) in [6.45, 7) is 7.78. The van der Waals surface area contributed by atoms with Crippen LogP contribution in [0.1, 0.15) is 47.0 Å². The molecule has 2 fully saturated rings. The van der Waals surface area contributed by atoms with Gasteiger partial charge < -0.3 is 9.31 Å². The van der Waals surface area contributed by atoms with Gasteiger partial charge in [0.15, 0.2) is 0 Å². The summed E-state index contributed by atoms with van der Waals surface area (Å²) in [4.78, 5) is 0. The van der Waals surface area contributed by atoms with E-state index in [-0.39, 0.29) is 12.2 Å². The van der Waals surface area contributed by atoms with Crippen LogP contribution in [0.4, 0.5) is 8.78 Å². The number of halogens is 2. The topological polar surface area (TPSA) is 18.5 Å². The highest BCUT2D eigenvalue weighted by molar-refractivity contribution is 6.47. The van der Waals surface area contributed by atoms with E-state index in [2.05, 4.69) is 0 Å². The van der Waals surface area contributed by atoms with Crippen molar-refractivity contribution in [3.05, 3.63) is 0 Å². The maximum Gasteiger partial charge on any atom is 0.464 e. The molecule has 0 aromatic carbocycles. The van der Waals surface area contributed by atoms with Crippen molar-refractivity contribution in [2.75, 3.05) is 0 Å². The third-order valence-corrected chi connectivity index (χ3v) is 4.38. The van der Waals surface area contributed by atoms with E-state index in [1.165, 1.54) is 0 Å².